The number of carbonyl (C=O) groups is 1. The van der Waals surface area contributed by atoms with E-state index in [2.05, 4.69) is 0 Å². The van der Waals surface area contributed by atoms with Crippen LogP contribution in [0.15, 0.2) is 0 Å². The molecule has 6 heteroatoms. The molecule has 0 unspecified atom stereocenters. The van der Waals surface area contributed by atoms with Crippen molar-refractivity contribution in [3.63, 3.8) is 0 Å². The molecule has 1 rings (SSSR count). The Bertz CT molecular complexity index is 334. The second-order valence-electron chi connectivity index (χ2n) is 7.18. The van der Waals surface area contributed by atoms with Gasteiger partial charge in [-0.25, -0.2) is 4.79 Å². The maximum absolute atomic E-state index is 12.2. The van der Waals surface area contributed by atoms with Gasteiger partial charge in [0.1, 0.15) is 5.72 Å². The van der Waals surface area contributed by atoms with E-state index in [0.29, 0.717) is 19.6 Å². The fourth-order valence-electron chi connectivity index (χ4n) is 2.27. The maximum Gasteiger partial charge on any atom is 1.00 e. The minimum absolute atomic E-state index is 0. The van der Waals surface area contributed by atoms with Crippen molar-refractivity contribution in [1.29, 1.82) is 0 Å². The molecular weight excluding hydrogens is 265 g/mol. The summed E-state index contributed by atoms with van der Waals surface area (Å²) in [6.45, 7) is 16.2. The predicted molar refractivity (Wildman–Crippen MR) is 77.1 cm³/mol. The van der Waals surface area contributed by atoms with Gasteiger partial charge in [-0.05, 0) is 48.5 Å². The Kier molecular flexibility index (Phi) is 7.29. The standard InChI is InChI=1S/C15H28NO4.Li/c1-13(2,3)19-10-8-9-18-12(17)16-14(4,5)11-20-15(16,6)7;/h9H,8,10-11H2,1-7H3;/q-1;+1. The Balaban J connectivity index is 0.00000400. The fourth-order valence-corrected chi connectivity index (χ4v) is 2.27. The Morgan fingerprint density at radius 3 is 2.29 bits per heavy atom. The Labute approximate surface area is 140 Å². The number of hydrogen-bond acceptors (Lipinski definition) is 4. The van der Waals surface area contributed by atoms with Crippen molar-refractivity contribution in [3.05, 3.63) is 6.61 Å². The Morgan fingerprint density at radius 1 is 1.29 bits per heavy atom. The van der Waals surface area contributed by atoms with Gasteiger partial charge in [0.2, 0.25) is 0 Å². The smallest absolute Gasteiger partial charge is 0.621 e. The molecule has 1 fully saturated rings. The molecule has 1 aliphatic heterocycles. The monoisotopic (exact) mass is 293 g/mol. The first kappa shape index (κ1) is 20.8. The van der Waals surface area contributed by atoms with Crippen LogP contribution in [-0.2, 0) is 14.2 Å². The average molecular weight is 293 g/mol. The van der Waals surface area contributed by atoms with E-state index in [4.69, 9.17) is 14.2 Å². The van der Waals surface area contributed by atoms with Gasteiger partial charge in [0, 0.05) is 6.61 Å². The average Bonchev–Trinajstić information content (AvgIpc) is 2.45. The molecule has 0 N–H and O–H groups in total. The molecule has 0 spiro atoms. The van der Waals surface area contributed by atoms with E-state index < -0.39 is 5.72 Å². The van der Waals surface area contributed by atoms with Crippen molar-refractivity contribution >= 4 is 6.09 Å². The number of nitrogens with zero attached hydrogens (tertiary/aromatic N) is 1. The van der Waals surface area contributed by atoms with Crippen LogP contribution in [0.1, 0.15) is 54.9 Å². The van der Waals surface area contributed by atoms with Gasteiger partial charge >= 0.3 is 25.0 Å². The van der Waals surface area contributed by atoms with Crippen LogP contribution in [-0.4, -0.2) is 41.1 Å². The number of rotatable bonds is 4. The van der Waals surface area contributed by atoms with E-state index in [1.54, 1.807) is 4.90 Å². The summed E-state index contributed by atoms with van der Waals surface area (Å²) in [7, 11) is 0. The van der Waals surface area contributed by atoms with Crippen LogP contribution < -0.4 is 18.9 Å². The summed E-state index contributed by atoms with van der Waals surface area (Å²) in [6, 6.07) is 0. The van der Waals surface area contributed by atoms with Crippen molar-refractivity contribution < 1.29 is 37.9 Å². The molecular formula is C15H28LiNO4. The number of amides is 1. The first-order chi connectivity index (χ1) is 8.96. The minimum Gasteiger partial charge on any atom is -0.621 e. The summed E-state index contributed by atoms with van der Waals surface area (Å²) in [5.74, 6) is 0. The third-order valence-electron chi connectivity index (χ3n) is 3.06. The van der Waals surface area contributed by atoms with E-state index in [-0.39, 0.29) is 36.1 Å². The molecule has 1 aliphatic rings. The van der Waals surface area contributed by atoms with Crippen LogP contribution in [0.2, 0.25) is 0 Å². The van der Waals surface area contributed by atoms with Gasteiger partial charge in [0.25, 0.3) is 0 Å². The van der Waals surface area contributed by atoms with Crippen LogP contribution in [0.25, 0.3) is 0 Å². The van der Waals surface area contributed by atoms with E-state index in [1.165, 1.54) is 6.61 Å². The largest absolute Gasteiger partial charge is 1.00 e. The summed E-state index contributed by atoms with van der Waals surface area (Å²) in [4.78, 5) is 13.8. The molecule has 1 heterocycles. The SMILES string of the molecule is CC(C)(C)OCC[CH-]OC(=O)N1C(C)(C)COC1(C)C.[Li+]. The van der Waals surface area contributed by atoms with Crippen LogP contribution >= 0.6 is 0 Å². The van der Waals surface area contributed by atoms with Gasteiger partial charge in [-0.15, -0.1) is 6.42 Å². The molecule has 118 valence electrons. The van der Waals surface area contributed by atoms with Gasteiger partial charge in [0.05, 0.1) is 17.7 Å². The molecule has 21 heavy (non-hydrogen) atoms. The summed E-state index contributed by atoms with van der Waals surface area (Å²) in [6.07, 6.45) is 0.187. The molecule has 0 atom stereocenters. The van der Waals surface area contributed by atoms with Gasteiger partial charge in [-0.3, -0.25) is 4.90 Å². The van der Waals surface area contributed by atoms with Crippen LogP contribution in [0, 0.1) is 6.61 Å². The van der Waals surface area contributed by atoms with Gasteiger partial charge in [-0.1, -0.05) is 0 Å². The molecule has 1 amide bonds. The number of carbonyl (C=O) groups excluding carboxylic acids is 1. The molecule has 0 saturated carbocycles. The first-order valence-electron chi connectivity index (χ1n) is 7.06. The minimum atomic E-state index is -0.643. The first-order valence-corrected chi connectivity index (χ1v) is 7.06. The fraction of sp³-hybridized carbons (Fsp3) is 0.867. The van der Waals surface area contributed by atoms with Crippen LogP contribution in [0.5, 0.6) is 0 Å². The zero-order valence-corrected chi connectivity index (χ0v) is 14.8. The van der Waals surface area contributed by atoms with Crippen molar-refractivity contribution in [2.75, 3.05) is 13.2 Å². The quantitative estimate of drug-likeness (QED) is 0.426. The molecule has 0 aromatic heterocycles. The third kappa shape index (κ3) is 6.20. The molecule has 0 bridgehead atoms. The van der Waals surface area contributed by atoms with E-state index in [1.807, 2.05) is 48.5 Å². The number of hydrogen-bond donors (Lipinski definition) is 0. The van der Waals surface area contributed by atoms with E-state index in [0.717, 1.165) is 0 Å². The summed E-state index contributed by atoms with van der Waals surface area (Å²) in [5.41, 5.74) is -1.18. The molecule has 0 aliphatic carbocycles. The molecule has 1 saturated heterocycles. The summed E-state index contributed by atoms with van der Waals surface area (Å²) >= 11 is 0. The van der Waals surface area contributed by atoms with Gasteiger partial charge in [-0.2, -0.15) is 6.61 Å². The molecule has 0 radical (unpaired) electrons. The summed E-state index contributed by atoms with van der Waals surface area (Å²) in [5, 5.41) is 0. The Morgan fingerprint density at radius 2 is 1.86 bits per heavy atom. The van der Waals surface area contributed by atoms with E-state index in [9.17, 15) is 4.79 Å². The second-order valence-corrected chi connectivity index (χ2v) is 7.18. The van der Waals surface area contributed by atoms with E-state index >= 15 is 0 Å². The topological polar surface area (TPSA) is 48.0 Å². The predicted octanol–water partition coefficient (Wildman–Crippen LogP) is 0.341. The molecule has 0 aromatic rings. The van der Waals surface area contributed by atoms with Crippen LogP contribution in [0.4, 0.5) is 4.79 Å². The zero-order chi connectivity index (χ0) is 15.6. The van der Waals surface area contributed by atoms with Crippen molar-refractivity contribution in [2.24, 2.45) is 0 Å². The zero-order valence-electron chi connectivity index (χ0n) is 14.8. The number of ether oxygens (including phenoxy) is 3. The summed E-state index contributed by atoms with van der Waals surface area (Å²) < 4.78 is 16.4. The second kappa shape index (κ2) is 7.37. The van der Waals surface area contributed by atoms with Crippen LogP contribution in [0.3, 0.4) is 0 Å². The Hall–Kier alpha value is -0.213. The van der Waals surface area contributed by atoms with Crippen molar-refractivity contribution in [1.82, 2.24) is 4.90 Å². The van der Waals surface area contributed by atoms with Gasteiger partial charge < -0.3 is 14.2 Å². The van der Waals surface area contributed by atoms with Crippen molar-refractivity contribution in [3.8, 4) is 0 Å². The normalized spacial score (nSPS) is 20.0. The third-order valence-corrected chi connectivity index (χ3v) is 3.06. The maximum atomic E-state index is 12.2. The van der Waals surface area contributed by atoms with Crippen molar-refractivity contribution in [2.45, 2.75) is 71.8 Å². The molecule has 5 nitrogen and oxygen atoms in total. The van der Waals surface area contributed by atoms with Gasteiger partial charge in [0.15, 0.2) is 0 Å². The molecule has 0 aromatic carbocycles.